The van der Waals surface area contributed by atoms with E-state index >= 15 is 0 Å². The Morgan fingerprint density at radius 2 is 1.50 bits per heavy atom. The topological polar surface area (TPSA) is 39.7 Å². The molecule has 1 aromatic rings. The first-order valence-electron chi connectivity index (χ1n) is 5.95. The number of benzene rings is 1. The molecule has 0 saturated carbocycles. The van der Waals surface area contributed by atoms with Crippen LogP contribution in [0.1, 0.15) is 19.4 Å². The molecule has 0 heterocycles. The average molecular weight is 253 g/mol. The summed E-state index contributed by atoms with van der Waals surface area (Å²) >= 11 is 0. The lowest BCUT2D eigenvalue weighted by atomic mass is 9.83. The van der Waals surface area contributed by atoms with Crippen LogP contribution in [0.3, 0.4) is 0 Å². The van der Waals surface area contributed by atoms with Gasteiger partial charge in [0.25, 0.3) is 0 Å². The highest BCUT2D eigenvalue weighted by atomic mass is 16.5. The van der Waals surface area contributed by atoms with E-state index in [0.717, 1.165) is 29.4 Å². The molecule has 0 bridgehead atoms. The van der Waals surface area contributed by atoms with Gasteiger partial charge in [0.1, 0.15) is 17.2 Å². The predicted octanol–water partition coefficient (Wildman–Crippen LogP) is 2.21. The van der Waals surface area contributed by atoms with Crippen molar-refractivity contribution in [2.24, 2.45) is 0 Å². The summed E-state index contributed by atoms with van der Waals surface area (Å²) < 4.78 is 16.2. The van der Waals surface area contributed by atoms with Gasteiger partial charge >= 0.3 is 0 Å². The molecule has 1 rings (SSSR count). The van der Waals surface area contributed by atoms with Crippen molar-refractivity contribution in [1.29, 1.82) is 0 Å². The molecule has 0 aromatic heterocycles. The highest BCUT2D eigenvalue weighted by Gasteiger charge is 2.28. The fourth-order valence-corrected chi connectivity index (χ4v) is 2.20. The van der Waals surface area contributed by atoms with E-state index in [9.17, 15) is 0 Å². The normalized spacial score (nSPS) is 11.2. The molecule has 0 radical (unpaired) electrons. The Morgan fingerprint density at radius 1 is 1.00 bits per heavy atom. The van der Waals surface area contributed by atoms with Gasteiger partial charge in [0, 0.05) is 29.7 Å². The van der Waals surface area contributed by atoms with Gasteiger partial charge in [-0.25, -0.2) is 0 Å². The number of rotatable bonds is 6. The zero-order valence-corrected chi connectivity index (χ0v) is 12.1. The molecule has 0 saturated heterocycles. The van der Waals surface area contributed by atoms with Crippen LogP contribution in [-0.4, -0.2) is 34.9 Å². The Morgan fingerprint density at radius 3 is 1.83 bits per heavy atom. The molecule has 0 fully saturated rings. The average Bonchev–Trinajstić information content (AvgIpc) is 2.36. The van der Waals surface area contributed by atoms with Crippen molar-refractivity contribution in [2.45, 2.75) is 19.3 Å². The Balaban J connectivity index is 3.39. The third-order valence-corrected chi connectivity index (χ3v) is 3.01. The minimum atomic E-state index is -0.0995. The summed E-state index contributed by atoms with van der Waals surface area (Å²) in [5.41, 5.74) is 0.945. The number of methoxy groups -OCH3 is 3. The molecule has 4 heteroatoms. The van der Waals surface area contributed by atoms with Crippen molar-refractivity contribution < 1.29 is 14.2 Å². The number of hydrogen-bond acceptors (Lipinski definition) is 4. The zero-order valence-electron chi connectivity index (χ0n) is 12.1. The van der Waals surface area contributed by atoms with E-state index in [2.05, 4.69) is 19.2 Å². The van der Waals surface area contributed by atoms with Crippen LogP contribution in [0.4, 0.5) is 0 Å². The molecule has 0 aliphatic rings. The third-order valence-electron chi connectivity index (χ3n) is 3.01. The van der Waals surface area contributed by atoms with Crippen molar-refractivity contribution in [3.63, 3.8) is 0 Å². The van der Waals surface area contributed by atoms with Crippen LogP contribution in [0.15, 0.2) is 12.1 Å². The van der Waals surface area contributed by atoms with Crippen molar-refractivity contribution >= 4 is 0 Å². The molecule has 0 aliphatic carbocycles. The summed E-state index contributed by atoms with van der Waals surface area (Å²) in [5, 5.41) is 3.20. The van der Waals surface area contributed by atoms with E-state index in [1.807, 2.05) is 19.2 Å². The summed E-state index contributed by atoms with van der Waals surface area (Å²) in [6, 6.07) is 3.77. The van der Waals surface area contributed by atoms with Gasteiger partial charge in [-0.3, -0.25) is 0 Å². The van der Waals surface area contributed by atoms with Crippen molar-refractivity contribution in [3.8, 4) is 17.2 Å². The SMILES string of the molecule is CNCC(C)(C)c1c(OC)cc(OC)cc1OC. The van der Waals surface area contributed by atoms with Gasteiger partial charge < -0.3 is 19.5 Å². The maximum absolute atomic E-state index is 5.48. The Hall–Kier alpha value is -1.42. The van der Waals surface area contributed by atoms with E-state index in [4.69, 9.17) is 14.2 Å². The second-order valence-electron chi connectivity index (χ2n) is 4.82. The van der Waals surface area contributed by atoms with Gasteiger partial charge in [-0.15, -0.1) is 0 Å². The maximum atomic E-state index is 5.48. The third kappa shape index (κ3) is 2.88. The van der Waals surface area contributed by atoms with Gasteiger partial charge in [0.2, 0.25) is 0 Å². The molecule has 0 spiro atoms. The van der Waals surface area contributed by atoms with Gasteiger partial charge in [0.15, 0.2) is 0 Å². The van der Waals surface area contributed by atoms with Crippen molar-refractivity contribution in [2.75, 3.05) is 34.9 Å². The number of hydrogen-bond donors (Lipinski definition) is 1. The molecular weight excluding hydrogens is 230 g/mol. The predicted molar refractivity (Wildman–Crippen MR) is 73.1 cm³/mol. The molecule has 0 amide bonds. The Kier molecular flexibility index (Phi) is 4.84. The molecule has 18 heavy (non-hydrogen) atoms. The Labute approximate surface area is 109 Å². The summed E-state index contributed by atoms with van der Waals surface area (Å²) in [6.45, 7) is 5.12. The second-order valence-corrected chi connectivity index (χ2v) is 4.82. The lowest BCUT2D eigenvalue weighted by Crippen LogP contribution is -2.31. The number of nitrogens with one attached hydrogen (secondary N) is 1. The first kappa shape index (κ1) is 14.6. The van der Waals surface area contributed by atoms with Gasteiger partial charge in [-0.05, 0) is 7.05 Å². The smallest absolute Gasteiger partial charge is 0.130 e. The van der Waals surface area contributed by atoms with Gasteiger partial charge in [0.05, 0.1) is 21.3 Å². The molecule has 0 atom stereocenters. The van der Waals surface area contributed by atoms with Crippen LogP contribution in [0.25, 0.3) is 0 Å². The number of likely N-dealkylation sites (N-methyl/N-ethyl adjacent to an activating group) is 1. The summed E-state index contributed by atoms with van der Waals surface area (Å²) in [4.78, 5) is 0. The molecule has 102 valence electrons. The monoisotopic (exact) mass is 253 g/mol. The lowest BCUT2D eigenvalue weighted by molar-refractivity contribution is 0.348. The number of ether oxygens (including phenoxy) is 3. The maximum Gasteiger partial charge on any atom is 0.130 e. The molecule has 0 unspecified atom stereocenters. The highest BCUT2D eigenvalue weighted by molar-refractivity contribution is 5.54. The van der Waals surface area contributed by atoms with Crippen LogP contribution in [0.5, 0.6) is 17.2 Å². The van der Waals surface area contributed by atoms with Crippen LogP contribution in [0.2, 0.25) is 0 Å². The van der Waals surface area contributed by atoms with Crippen molar-refractivity contribution in [1.82, 2.24) is 5.32 Å². The van der Waals surface area contributed by atoms with Crippen LogP contribution in [-0.2, 0) is 5.41 Å². The quantitative estimate of drug-likeness (QED) is 0.843. The first-order chi connectivity index (χ1) is 8.50. The van der Waals surface area contributed by atoms with Crippen LogP contribution in [0, 0.1) is 0 Å². The fourth-order valence-electron chi connectivity index (χ4n) is 2.20. The van der Waals surface area contributed by atoms with E-state index < -0.39 is 0 Å². The summed E-state index contributed by atoms with van der Waals surface area (Å²) in [7, 11) is 6.89. The van der Waals surface area contributed by atoms with Crippen LogP contribution < -0.4 is 19.5 Å². The summed E-state index contributed by atoms with van der Waals surface area (Å²) in [6.07, 6.45) is 0. The van der Waals surface area contributed by atoms with E-state index in [-0.39, 0.29) is 5.41 Å². The summed E-state index contributed by atoms with van der Waals surface area (Å²) in [5.74, 6) is 2.30. The molecule has 0 aliphatic heterocycles. The van der Waals surface area contributed by atoms with Gasteiger partial charge in [-0.2, -0.15) is 0 Å². The van der Waals surface area contributed by atoms with Crippen molar-refractivity contribution in [3.05, 3.63) is 17.7 Å². The molecular formula is C14H23NO3. The molecule has 1 aromatic carbocycles. The lowest BCUT2D eigenvalue weighted by Gasteiger charge is -2.29. The fraction of sp³-hybridized carbons (Fsp3) is 0.571. The first-order valence-corrected chi connectivity index (χ1v) is 5.95. The largest absolute Gasteiger partial charge is 0.496 e. The minimum Gasteiger partial charge on any atom is -0.496 e. The standard InChI is InChI=1S/C14H23NO3/c1-14(2,9-15-3)13-11(17-5)7-10(16-4)8-12(13)18-6/h7-8,15H,9H2,1-6H3. The second kappa shape index (κ2) is 5.96. The Bertz CT molecular complexity index is 377. The van der Waals surface area contributed by atoms with E-state index in [1.54, 1.807) is 21.3 Å². The zero-order chi connectivity index (χ0) is 13.8. The van der Waals surface area contributed by atoms with E-state index in [0.29, 0.717) is 0 Å². The van der Waals surface area contributed by atoms with Crippen LogP contribution >= 0.6 is 0 Å². The minimum absolute atomic E-state index is 0.0995. The highest BCUT2D eigenvalue weighted by Crippen LogP contribution is 2.41. The van der Waals surface area contributed by atoms with E-state index in [1.165, 1.54) is 0 Å². The molecule has 1 N–H and O–H groups in total. The van der Waals surface area contributed by atoms with Gasteiger partial charge in [-0.1, -0.05) is 13.8 Å². The molecule has 4 nitrogen and oxygen atoms in total.